The Kier molecular flexibility index (Phi) is 4.83. The summed E-state index contributed by atoms with van der Waals surface area (Å²) < 4.78 is 41.2. The van der Waals surface area contributed by atoms with Gasteiger partial charge in [0.25, 0.3) is 5.91 Å². The van der Waals surface area contributed by atoms with Gasteiger partial charge in [-0.15, -0.1) is 0 Å². The van der Waals surface area contributed by atoms with Gasteiger partial charge in [0.1, 0.15) is 0 Å². The van der Waals surface area contributed by atoms with Crippen molar-refractivity contribution in [3.05, 3.63) is 77.6 Å². The normalized spacial score (nSPS) is 11.7. The zero-order valence-electron chi connectivity index (χ0n) is 15.2. The molecule has 0 atom stereocenters. The molecule has 29 heavy (non-hydrogen) atoms. The van der Waals surface area contributed by atoms with Crippen molar-refractivity contribution in [3.63, 3.8) is 0 Å². The lowest BCUT2D eigenvalue weighted by Gasteiger charge is -2.17. The summed E-state index contributed by atoms with van der Waals surface area (Å²) >= 11 is 1.45. The van der Waals surface area contributed by atoms with E-state index in [0.717, 1.165) is 22.3 Å². The van der Waals surface area contributed by atoms with Gasteiger partial charge in [-0.2, -0.15) is 18.3 Å². The van der Waals surface area contributed by atoms with E-state index in [9.17, 15) is 18.0 Å². The highest BCUT2D eigenvalue weighted by Crippen LogP contribution is 2.30. The van der Waals surface area contributed by atoms with E-state index in [2.05, 4.69) is 10.1 Å². The first-order valence-corrected chi connectivity index (χ1v) is 9.45. The number of carbonyl (C=O) groups excluding carboxylic acids is 1. The smallest absolute Gasteiger partial charge is 0.337 e. The molecule has 0 saturated heterocycles. The second-order valence-electron chi connectivity index (χ2n) is 6.50. The van der Waals surface area contributed by atoms with Crippen LogP contribution in [0.2, 0.25) is 0 Å². The van der Waals surface area contributed by atoms with Gasteiger partial charge in [0.05, 0.1) is 27.5 Å². The van der Waals surface area contributed by atoms with Crippen LogP contribution < -0.4 is 0 Å². The molecule has 5 nitrogen and oxygen atoms in total. The fourth-order valence-corrected chi connectivity index (χ4v) is 3.81. The van der Waals surface area contributed by atoms with Crippen LogP contribution in [0.5, 0.6) is 0 Å². The first-order valence-electron chi connectivity index (χ1n) is 8.63. The Labute approximate surface area is 168 Å². The maximum absolute atomic E-state index is 12.9. The Morgan fingerprint density at radius 3 is 2.72 bits per heavy atom. The molecule has 0 saturated carbocycles. The van der Waals surface area contributed by atoms with Gasteiger partial charge >= 0.3 is 6.18 Å². The number of benzene rings is 2. The van der Waals surface area contributed by atoms with E-state index in [1.165, 1.54) is 40.2 Å². The summed E-state index contributed by atoms with van der Waals surface area (Å²) in [5.41, 5.74) is 0.838. The molecule has 0 aliphatic carbocycles. The van der Waals surface area contributed by atoms with Gasteiger partial charge in [-0.25, -0.2) is 9.67 Å². The number of fused-ring (bicyclic) bond motifs is 1. The van der Waals surface area contributed by atoms with Gasteiger partial charge in [-0.3, -0.25) is 4.79 Å². The van der Waals surface area contributed by atoms with E-state index >= 15 is 0 Å². The predicted octanol–water partition coefficient (Wildman–Crippen LogP) is 4.77. The van der Waals surface area contributed by atoms with Crippen LogP contribution in [0.4, 0.5) is 13.2 Å². The van der Waals surface area contributed by atoms with E-state index in [4.69, 9.17) is 0 Å². The number of hydrogen-bond acceptors (Lipinski definition) is 4. The summed E-state index contributed by atoms with van der Waals surface area (Å²) in [6.45, 7) is 0.0507. The lowest BCUT2D eigenvalue weighted by Crippen LogP contribution is -2.26. The molecule has 2 heterocycles. The number of amides is 1. The number of nitrogens with zero attached hydrogens (tertiary/aromatic N) is 4. The number of thiazole rings is 1. The molecule has 0 unspecified atom stereocenters. The maximum atomic E-state index is 12.9. The van der Waals surface area contributed by atoms with Crippen LogP contribution in [0.3, 0.4) is 0 Å². The van der Waals surface area contributed by atoms with Crippen LogP contribution in [0.1, 0.15) is 21.5 Å². The zero-order chi connectivity index (χ0) is 20.6. The Bertz CT molecular complexity index is 1150. The third-order valence-electron chi connectivity index (χ3n) is 4.33. The van der Waals surface area contributed by atoms with Crippen molar-refractivity contribution in [2.75, 3.05) is 7.05 Å². The molecule has 2 aromatic carbocycles. The van der Waals surface area contributed by atoms with E-state index in [1.54, 1.807) is 12.3 Å². The van der Waals surface area contributed by atoms with Crippen molar-refractivity contribution in [1.82, 2.24) is 19.7 Å². The number of hydrogen-bond donors (Lipinski definition) is 0. The molecule has 0 N–H and O–H groups in total. The maximum Gasteiger partial charge on any atom is 0.416 e. The molecule has 0 aliphatic heterocycles. The zero-order valence-corrected chi connectivity index (χ0v) is 16.0. The molecule has 0 aliphatic rings. The summed E-state index contributed by atoms with van der Waals surface area (Å²) in [6.07, 6.45) is -1.42. The fourth-order valence-electron chi connectivity index (χ4n) is 2.91. The van der Waals surface area contributed by atoms with Gasteiger partial charge in [0.15, 0.2) is 0 Å². The second kappa shape index (κ2) is 7.32. The van der Waals surface area contributed by atoms with Gasteiger partial charge in [-0.05, 0) is 29.8 Å². The van der Waals surface area contributed by atoms with Crippen molar-refractivity contribution in [2.45, 2.75) is 12.7 Å². The number of alkyl halides is 3. The number of carbonyl (C=O) groups is 1. The highest BCUT2D eigenvalue weighted by Gasteiger charge is 2.30. The van der Waals surface area contributed by atoms with Crippen molar-refractivity contribution < 1.29 is 18.0 Å². The molecule has 2 aromatic heterocycles. The van der Waals surface area contributed by atoms with Crippen molar-refractivity contribution in [3.8, 4) is 5.13 Å². The second-order valence-corrected chi connectivity index (χ2v) is 7.51. The minimum atomic E-state index is -4.42. The van der Waals surface area contributed by atoms with Gasteiger partial charge in [-0.1, -0.05) is 35.6 Å². The SMILES string of the molecule is CN(Cc1cccc(C(F)(F)F)c1)C(=O)c1cnn(-c2nc3ccccc3s2)c1. The summed E-state index contributed by atoms with van der Waals surface area (Å²) in [4.78, 5) is 18.5. The first-order chi connectivity index (χ1) is 13.8. The van der Waals surface area contributed by atoms with Crippen molar-refractivity contribution in [2.24, 2.45) is 0 Å². The summed E-state index contributed by atoms with van der Waals surface area (Å²) in [6, 6.07) is 12.6. The standard InChI is InChI=1S/C20H15F3N4OS/c1-26(11-13-5-4-6-15(9-13)20(21,22)23)18(28)14-10-24-27(12-14)19-25-16-7-2-3-8-17(16)29-19/h2-10,12H,11H2,1H3. The molecule has 0 radical (unpaired) electrons. The van der Waals surface area contributed by atoms with Crippen LogP contribution in [0.25, 0.3) is 15.3 Å². The van der Waals surface area contributed by atoms with Gasteiger partial charge in [0, 0.05) is 19.8 Å². The molecule has 4 rings (SSSR count). The van der Waals surface area contributed by atoms with Crippen LogP contribution in [-0.4, -0.2) is 32.6 Å². The number of rotatable bonds is 4. The summed E-state index contributed by atoms with van der Waals surface area (Å²) in [7, 11) is 1.54. The van der Waals surface area contributed by atoms with Crippen molar-refractivity contribution >= 4 is 27.5 Å². The molecule has 148 valence electrons. The minimum absolute atomic E-state index is 0.0507. The molecular weight excluding hydrogens is 401 g/mol. The Hall–Kier alpha value is -3.20. The van der Waals surface area contributed by atoms with Crippen molar-refractivity contribution in [1.29, 1.82) is 0 Å². The van der Waals surface area contributed by atoms with Crippen LogP contribution in [0, 0.1) is 0 Å². The lowest BCUT2D eigenvalue weighted by atomic mass is 10.1. The van der Waals surface area contributed by atoms with E-state index < -0.39 is 11.7 Å². The fraction of sp³-hybridized carbons (Fsp3) is 0.150. The Morgan fingerprint density at radius 1 is 1.17 bits per heavy atom. The number of para-hydroxylation sites is 1. The third kappa shape index (κ3) is 4.00. The molecule has 1 amide bonds. The van der Waals surface area contributed by atoms with E-state index in [0.29, 0.717) is 16.3 Å². The quantitative estimate of drug-likeness (QED) is 0.481. The largest absolute Gasteiger partial charge is 0.416 e. The molecular formula is C20H15F3N4OS. The molecule has 4 aromatic rings. The van der Waals surface area contributed by atoms with Gasteiger partial charge in [0.2, 0.25) is 5.13 Å². The topological polar surface area (TPSA) is 51.0 Å². The Balaban J connectivity index is 1.51. The van der Waals surface area contributed by atoms with Crippen LogP contribution in [-0.2, 0) is 12.7 Å². The monoisotopic (exact) mass is 416 g/mol. The predicted molar refractivity (Wildman–Crippen MR) is 104 cm³/mol. The molecule has 0 fully saturated rings. The minimum Gasteiger partial charge on any atom is -0.337 e. The Morgan fingerprint density at radius 2 is 1.97 bits per heavy atom. The number of halogens is 3. The third-order valence-corrected chi connectivity index (χ3v) is 5.35. The summed E-state index contributed by atoms with van der Waals surface area (Å²) in [5.74, 6) is -0.338. The van der Waals surface area contributed by atoms with E-state index in [1.807, 2.05) is 24.3 Å². The molecule has 9 heteroatoms. The summed E-state index contributed by atoms with van der Waals surface area (Å²) in [5, 5.41) is 4.84. The average molecular weight is 416 g/mol. The molecule has 0 spiro atoms. The lowest BCUT2D eigenvalue weighted by molar-refractivity contribution is -0.137. The van der Waals surface area contributed by atoms with E-state index in [-0.39, 0.29) is 12.5 Å². The first kappa shape index (κ1) is 19.1. The highest BCUT2D eigenvalue weighted by molar-refractivity contribution is 7.20. The van der Waals surface area contributed by atoms with Gasteiger partial charge < -0.3 is 4.90 Å². The molecule has 0 bridgehead atoms. The van der Waals surface area contributed by atoms with Crippen LogP contribution in [0.15, 0.2) is 60.9 Å². The number of aromatic nitrogens is 3. The van der Waals surface area contributed by atoms with Crippen LogP contribution >= 0.6 is 11.3 Å². The average Bonchev–Trinajstić information content (AvgIpc) is 3.33. The highest BCUT2D eigenvalue weighted by atomic mass is 32.1.